The fraction of sp³-hybridized carbons (Fsp3) is 0.200. The van der Waals surface area contributed by atoms with E-state index in [-0.39, 0.29) is 11.3 Å². The normalized spacial score (nSPS) is 12.3. The van der Waals surface area contributed by atoms with Crippen molar-refractivity contribution in [2.24, 2.45) is 0 Å². The van der Waals surface area contributed by atoms with Crippen LogP contribution in [0.15, 0.2) is 30.3 Å². The van der Waals surface area contributed by atoms with Gasteiger partial charge in [-0.25, -0.2) is 8.78 Å². The molecule has 0 heterocycles. The second-order valence-electron chi connectivity index (χ2n) is 4.39. The van der Waals surface area contributed by atoms with Crippen molar-refractivity contribution in [2.75, 3.05) is 7.11 Å². The average Bonchev–Trinajstić information content (AvgIpc) is 2.37. The Bertz CT molecular complexity index is 621. The minimum atomic E-state index is -1.01. The highest BCUT2D eigenvalue weighted by molar-refractivity contribution is 6.33. The lowest BCUT2D eigenvalue weighted by Crippen LogP contribution is -2.03. The van der Waals surface area contributed by atoms with Gasteiger partial charge in [-0.05, 0) is 24.1 Å². The zero-order valence-electron chi connectivity index (χ0n) is 10.9. The highest BCUT2D eigenvalue weighted by Gasteiger charge is 2.23. The van der Waals surface area contributed by atoms with E-state index in [4.69, 9.17) is 27.9 Å². The van der Waals surface area contributed by atoms with Gasteiger partial charge < -0.3 is 4.74 Å². The van der Waals surface area contributed by atoms with Gasteiger partial charge in [0.05, 0.1) is 12.5 Å². The smallest absolute Gasteiger partial charge is 0.134 e. The summed E-state index contributed by atoms with van der Waals surface area (Å²) in [6.07, 6.45) is 0. The molecule has 106 valence electrons. The van der Waals surface area contributed by atoms with Crippen LogP contribution in [0.4, 0.5) is 8.78 Å². The van der Waals surface area contributed by atoms with Crippen molar-refractivity contribution in [3.05, 3.63) is 63.7 Å². The predicted molar refractivity (Wildman–Crippen MR) is 76.8 cm³/mol. The zero-order valence-corrected chi connectivity index (χ0v) is 12.4. The van der Waals surface area contributed by atoms with Crippen LogP contribution in [0.1, 0.15) is 22.1 Å². The van der Waals surface area contributed by atoms with Crippen LogP contribution in [-0.2, 0) is 0 Å². The Balaban J connectivity index is 2.50. The zero-order chi connectivity index (χ0) is 14.9. The van der Waals surface area contributed by atoms with Crippen LogP contribution in [-0.4, -0.2) is 7.11 Å². The number of methoxy groups -OCH3 is 1. The van der Waals surface area contributed by atoms with Crippen molar-refractivity contribution in [2.45, 2.75) is 12.3 Å². The highest BCUT2D eigenvalue weighted by atomic mass is 35.5. The molecule has 0 bridgehead atoms. The molecule has 2 rings (SSSR count). The Morgan fingerprint density at radius 1 is 1.10 bits per heavy atom. The number of hydrogen-bond donors (Lipinski definition) is 0. The van der Waals surface area contributed by atoms with Crippen molar-refractivity contribution in [1.82, 2.24) is 0 Å². The lowest BCUT2D eigenvalue weighted by Gasteiger charge is -2.15. The summed E-state index contributed by atoms with van der Waals surface area (Å²) in [5.74, 6) is -1.43. The van der Waals surface area contributed by atoms with E-state index in [2.05, 4.69) is 0 Å². The summed E-state index contributed by atoms with van der Waals surface area (Å²) in [6.45, 7) is 1.87. The molecule has 0 aliphatic heterocycles. The highest BCUT2D eigenvalue weighted by Crippen LogP contribution is 2.37. The summed E-state index contributed by atoms with van der Waals surface area (Å²) < 4.78 is 32.8. The Labute approximate surface area is 126 Å². The quantitative estimate of drug-likeness (QED) is 0.701. The summed E-state index contributed by atoms with van der Waals surface area (Å²) in [6, 6.07) is 7.34. The van der Waals surface area contributed by atoms with Crippen molar-refractivity contribution in [3.8, 4) is 5.75 Å². The number of benzene rings is 2. The van der Waals surface area contributed by atoms with E-state index in [9.17, 15) is 8.78 Å². The van der Waals surface area contributed by atoms with E-state index >= 15 is 0 Å². The van der Waals surface area contributed by atoms with Gasteiger partial charge in [-0.1, -0.05) is 23.7 Å². The second kappa shape index (κ2) is 5.98. The van der Waals surface area contributed by atoms with Gasteiger partial charge in [0, 0.05) is 22.7 Å². The van der Waals surface area contributed by atoms with Crippen molar-refractivity contribution in [1.29, 1.82) is 0 Å². The van der Waals surface area contributed by atoms with Gasteiger partial charge in [-0.2, -0.15) is 0 Å². The topological polar surface area (TPSA) is 9.23 Å². The fourth-order valence-electron chi connectivity index (χ4n) is 1.91. The number of alkyl halides is 1. The molecule has 0 aliphatic rings. The fourth-order valence-corrected chi connectivity index (χ4v) is 2.71. The van der Waals surface area contributed by atoms with Gasteiger partial charge in [0.1, 0.15) is 17.4 Å². The lowest BCUT2D eigenvalue weighted by atomic mass is 10.0. The molecule has 0 spiro atoms. The molecule has 2 aromatic carbocycles. The third-order valence-corrected chi connectivity index (χ3v) is 3.75. The third-order valence-electron chi connectivity index (χ3n) is 2.97. The van der Waals surface area contributed by atoms with Crippen molar-refractivity contribution >= 4 is 23.2 Å². The summed E-state index contributed by atoms with van der Waals surface area (Å²) in [4.78, 5) is 0. The van der Waals surface area contributed by atoms with E-state index in [0.29, 0.717) is 10.6 Å². The molecule has 0 amide bonds. The summed E-state index contributed by atoms with van der Waals surface area (Å²) in [5, 5.41) is -0.631. The van der Waals surface area contributed by atoms with Gasteiger partial charge in [0.25, 0.3) is 0 Å². The van der Waals surface area contributed by atoms with Crippen molar-refractivity contribution in [3.63, 3.8) is 0 Å². The summed E-state index contributed by atoms with van der Waals surface area (Å²) >= 11 is 12.3. The van der Waals surface area contributed by atoms with Crippen LogP contribution in [0, 0.1) is 18.6 Å². The molecular formula is C15H12Cl2F2O. The maximum Gasteiger partial charge on any atom is 0.134 e. The number of halogens is 4. The van der Waals surface area contributed by atoms with Crippen LogP contribution in [0.2, 0.25) is 5.02 Å². The molecule has 1 atom stereocenters. The molecule has 1 unspecified atom stereocenters. The largest absolute Gasteiger partial charge is 0.497 e. The Hall–Kier alpha value is -1.32. The standard InChI is InChI=1S/C15H12Cl2F2O/c1-8-3-4-10(11(16)5-8)15(17)14-12(18)6-9(20-2)7-13(14)19/h3-7,15H,1-2H3. The molecule has 1 nitrogen and oxygen atoms in total. The van der Waals surface area contributed by atoms with E-state index in [0.717, 1.165) is 17.7 Å². The minimum Gasteiger partial charge on any atom is -0.497 e. The van der Waals surface area contributed by atoms with Gasteiger partial charge >= 0.3 is 0 Å². The number of hydrogen-bond acceptors (Lipinski definition) is 1. The first kappa shape index (κ1) is 15.1. The molecule has 0 fully saturated rings. The van der Waals surface area contributed by atoms with Gasteiger partial charge in [-0.3, -0.25) is 0 Å². The first-order chi connectivity index (χ1) is 9.43. The Morgan fingerprint density at radius 3 is 2.20 bits per heavy atom. The first-order valence-electron chi connectivity index (χ1n) is 5.87. The molecular weight excluding hydrogens is 305 g/mol. The maximum atomic E-state index is 14.0. The second-order valence-corrected chi connectivity index (χ2v) is 5.24. The van der Waals surface area contributed by atoms with Crippen molar-refractivity contribution < 1.29 is 13.5 Å². The van der Waals surface area contributed by atoms with Crippen LogP contribution >= 0.6 is 23.2 Å². The van der Waals surface area contributed by atoms with Crippen LogP contribution < -0.4 is 4.74 Å². The summed E-state index contributed by atoms with van der Waals surface area (Å²) in [7, 11) is 1.34. The first-order valence-corrected chi connectivity index (χ1v) is 6.68. The molecule has 0 saturated carbocycles. The third kappa shape index (κ3) is 2.89. The van der Waals surface area contributed by atoms with E-state index in [1.807, 2.05) is 6.92 Å². The Kier molecular flexibility index (Phi) is 4.51. The lowest BCUT2D eigenvalue weighted by molar-refractivity contribution is 0.405. The number of ether oxygens (including phenoxy) is 1. The van der Waals surface area contributed by atoms with Gasteiger partial charge in [0.15, 0.2) is 0 Å². The van der Waals surface area contributed by atoms with E-state index in [1.165, 1.54) is 7.11 Å². The molecule has 0 radical (unpaired) electrons. The van der Waals surface area contributed by atoms with Crippen LogP contribution in [0.5, 0.6) is 5.75 Å². The average molecular weight is 317 g/mol. The monoisotopic (exact) mass is 316 g/mol. The van der Waals surface area contributed by atoms with Gasteiger partial charge in [-0.15, -0.1) is 11.6 Å². The molecule has 0 aromatic heterocycles. The van der Waals surface area contributed by atoms with Crippen LogP contribution in [0.3, 0.4) is 0 Å². The van der Waals surface area contributed by atoms with E-state index < -0.39 is 17.0 Å². The minimum absolute atomic E-state index is 0.0996. The van der Waals surface area contributed by atoms with Gasteiger partial charge in [0.2, 0.25) is 0 Å². The SMILES string of the molecule is COc1cc(F)c(C(Cl)c2ccc(C)cc2Cl)c(F)c1. The molecule has 0 saturated heterocycles. The number of rotatable bonds is 3. The van der Waals surface area contributed by atoms with E-state index in [1.54, 1.807) is 18.2 Å². The predicted octanol–water partition coefficient (Wildman–Crippen LogP) is 5.26. The van der Waals surface area contributed by atoms with Crippen LogP contribution in [0.25, 0.3) is 0 Å². The Morgan fingerprint density at radius 2 is 1.70 bits per heavy atom. The molecule has 20 heavy (non-hydrogen) atoms. The number of aryl methyl sites for hydroxylation is 1. The molecule has 0 aliphatic carbocycles. The molecule has 2 aromatic rings. The maximum absolute atomic E-state index is 14.0. The molecule has 0 N–H and O–H groups in total. The molecule has 5 heteroatoms. The summed E-state index contributed by atoms with van der Waals surface area (Å²) in [5.41, 5.74) is 1.17.